The average molecular weight is 211 g/mol. The van der Waals surface area contributed by atoms with Gasteiger partial charge < -0.3 is 9.64 Å². The molecule has 0 bridgehead atoms. The van der Waals surface area contributed by atoms with Crippen molar-refractivity contribution in [3.8, 4) is 0 Å². The van der Waals surface area contributed by atoms with E-state index < -0.39 is 11.6 Å². The van der Waals surface area contributed by atoms with Gasteiger partial charge in [0.05, 0.1) is 0 Å². The predicted molar refractivity (Wildman–Crippen MR) is 56.2 cm³/mol. The molecule has 1 rings (SSSR count). The second-order valence-corrected chi connectivity index (χ2v) is 4.57. The third-order valence-electron chi connectivity index (χ3n) is 2.16. The van der Waals surface area contributed by atoms with Crippen molar-refractivity contribution in [3.63, 3.8) is 0 Å². The quantitative estimate of drug-likeness (QED) is 0.508. The van der Waals surface area contributed by atoms with Gasteiger partial charge in [0.15, 0.2) is 0 Å². The third kappa shape index (κ3) is 2.81. The molecule has 0 saturated carbocycles. The van der Waals surface area contributed by atoms with Crippen LogP contribution in [0.15, 0.2) is 12.7 Å². The zero-order valence-corrected chi connectivity index (χ0v) is 9.45. The van der Waals surface area contributed by atoms with E-state index in [0.717, 1.165) is 0 Å². The minimum Gasteiger partial charge on any atom is -0.458 e. The van der Waals surface area contributed by atoms with E-state index in [1.807, 2.05) is 20.8 Å². The van der Waals surface area contributed by atoms with E-state index >= 15 is 0 Å². The molecule has 0 aromatic rings. The number of carbonyl (C=O) groups is 2. The molecule has 0 aliphatic carbocycles. The Labute approximate surface area is 89.9 Å². The fourth-order valence-electron chi connectivity index (χ4n) is 1.38. The number of hydrogen-bond acceptors (Lipinski definition) is 3. The molecule has 0 aromatic carbocycles. The van der Waals surface area contributed by atoms with E-state index in [9.17, 15) is 9.59 Å². The zero-order chi connectivity index (χ0) is 11.6. The summed E-state index contributed by atoms with van der Waals surface area (Å²) in [5.74, 6) is -0.541. The largest absolute Gasteiger partial charge is 0.458 e. The summed E-state index contributed by atoms with van der Waals surface area (Å²) in [7, 11) is 0. The molecule has 4 heteroatoms. The molecule has 84 valence electrons. The molecule has 1 aliphatic rings. The Hall–Kier alpha value is -1.32. The van der Waals surface area contributed by atoms with E-state index in [-0.39, 0.29) is 11.9 Å². The van der Waals surface area contributed by atoms with Gasteiger partial charge in [0.1, 0.15) is 11.6 Å². The van der Waals surface area contributed by atoms with Gasteiger partial charge in [-0.2, -0.15) is 0 Å². The molecule has 1 saturated heterocycles. The molecule has 0 radical (unpaired) electrons. The van der Waals surface area contributed by atoms with Crippen molar-refractivity contribution in [1.29, 1.82) is 0 Å². The van der Waals surface area contributed by atoms with Gasteiger partial charge in [-0.1, -0.05) is 6.58 Å². The second kappa shape index (κ2) is 4.04. The number of carbonyl (C=O) groups excluding carboxylic acids is 2. The molecule has 0 aromatic heterocycles. The van der Waals surface area contributed by atoms with Crippen molar-refractivity contribution in [1.82, 2.24) is 4.90 Å². The summed E-state index contributed by atoms with van der Waals surface area (Å²) >= 11 is 0. The molecular formula is C11H17NO3. The van der Waals surface area contributed by atoms with Crippen LogP contribution in [0.1, 0.15) is 27.2 Å². The van der Waals surface area contributed by atoms with E-state index in [1.165, 1.54) is 11.0 Å². The molecule has 1 amide bonds. The first-order valence-electron chi connectivity index (χ1n) is 5.01. The van der Waals surface area contributed by atoms with Crippen molar-refractivity contribution in [2.75, 3.05) is 6.54 Å². The van der Waals surface area contributed by atoms with Crippen molar-refractivity contribution >= 4 is 11.9 Å². The van der Waals surface area contributed by atoms with Crippen LogP contribution in [0.4, 0.5) is 0 Å². The maximum atomic E-state index is 11.6. The summed E-state index contributed by atoms with van der Waals surface area (Å²) in [5.41, 5.74) is -0.504. The van der Waals surface area contributed by atoms with Crippen LogP contribution in [0.3, 0.4) is 0 Å². The highest BCUT2D eigenvalue weighted by Crippen LogP contribution is 2.21. The molecule has 0 N–H and O–H groups in total. The molecule has 1 atom stereocenters. The Bertz CT molecular complexity index is 291. The van der Waals surface area contributed by atoms with Crippen LogP contribution in [0.25, 0.3) is 0 Å². The summed E-state index contributed by atoms with van der Waals surface area (Å²) in [4.78, 5) is 24.4. The van der Waals surface area contributed by atoms with Crippen LogP contribution in [0.2, 0.25) is 0 Å². The third-order valence-corrected chi connectivity index (χ3v) is 2.16. The minimum atomic E-state index is -0.504. The first-order valence-corrected chi connectivity index (χ1v) is 5.01. The SMILES string of the molecule is C=CC(=O)N1CC[C@@H]1C(=O)OC(C)(C)C. The summed E-state index contributed by atoms with van der Waals surface area (Å²) in [5, 5.41) is 0. The average Bonchev–Trinajstić information content (AvgIpc) is 1.97. The first kappa shape index (κ1) is 11.8. The lowest BCUT2D eigenvalue weighted by Crippen LogP contribution is -2.56. The fraction of sp³-hybridized carbons (Fsp3) is 0.636. The molecule has 1 aliphatic heterocycles. The topological polar surface area (TPSA) is 46.6 Å². The van der Waals surface area contributed by atoms with Crippen LogP contribution < -0.4 is 0 Å². The van der Waals surface area contributed by atoms with E-state index in [1.54, 1.807) is 0 Å². The Kier molecular flexibility index (Phi) is 3.17. The lowest BCUT2D eigenvalue weighted by atomic mass is 10.0. The molecule has 0 unspecified atom stereocenters. The number of likely N-dealkylation sites (tertiary alicyclic amines) is 1. The molecule has 0 spiro atoms. The Morgan fingerprint density at radius 3 is 2.40 bits per heavy atom. The summed E-state index contributed by atoms with van der Waals surface area (Å²) < 4.78 is 5.20. The van der Waals surface area contributed by atoms with Crippen LogP contribution >= 0.6 is 0 Å². The Morgan fingerprint density at radius 2 is 2.07 bits per heavy atom. The number of esters is 1. The summed E-state index contributed by atoms with van der Waals surface area (Å²) in [6, 6.07) is -0.422. The summed E-state index contributed by atoms with van der Waals surface area (Å²) in [6.07, 6.45) is 1.89. The molecule has 4 nitrogen and oxygen atoms in total. The maximum absolute atomic E-state index is 11.6. The second-order valence-electron chi connectivity index (χ2n) is 4.57. The standard InChI is InChI=1S/C11H17NO3/c1-5-9(13)12-7-6-8(12)10(14)15-11(2,3)4/h5,8H,1,6-7H2,2-4H3/t8-/m1/s1. The normalized spacial score (nSPS) is 20.5. The van der Waals surface area contributed by atoms with E-state index in [0.29, 0.717) is 13.0 Å². The van der Waals surface area contributed by atoms with Gasteiger partial charge in [0.2, 0.25) is 5.91 Å². The number of rotatable bonds is 2. The number of nitrogens with zero attached hydrogens (tertiary/aromatic N) is 1. The fourth-order valence-corrected chi connectivity index (χ4v) is 1.38. The van der Waals surface area contributed by atoms with Crippen molar-refractivity contribution in [2.24, 2.45) is 0 Å². The van der Waals surface area contributed by atoms with Gasteiger partial charge in [-0.25, -0.2) is 4.79 Å². The number of amides is 1. The smallest absolute Gasteiger partial charge is 0.329 e. The molecular weight excluding hydrogens is 194 g/mol. The molecule has 15 heavy (non-hydrogen) atoms. The van der Waals surface area contributed by atoms with Gasteiger partial charge in [-0.15, -0.1) is 0 Å². The Balaban J connectivity index is 2.55. The van der Waals surface area contributed by atoms with Gasteiger partial charge in [0, 0.05) is 6.54 Å². The first-order chi connectivity index (χ1) is 6.85. The van der Waals surface area contributed by atoms with Crippen LogP contribution in [-0.2, 0) is 14.3 Å². The highest BCUT2D eigenvalue weighted by molar-refractivity contribution is 5.92. The highest BCUT2D eigenvalue weighted by Gasteiger charge is 2.39. The number of ether oxygens (including phenoxy) is 1. The lowest BCUT2D eigenvalue weighted by molar-refractivity contribution is -0.169. The van der Waals surface area contributed by atoms with Crippen LogP contribution in [-0.4, -0.2) is 35.0 Å². The lowest BCUT2D eigenvalue weighted by Gasteiger charge is -2.39. The predicted octanol–water partition coefficient (Wildman–Crippen LogP) is 1.11. The van der Waals surface area contributed by atoms with E-state index in [2.05, 4.69) is 6.58 Å². The van der Waals surface area contributed by atoms with Crippen molar-refractivity contribution in [2.45, 2.75) is 38.8 Å². The van der Waals surface area contributed by atoms with Crippen LogP contribution in [0, 0.1) is 0 Å². The van der Waals surface area contributed by atoms with E-state index in [4.69, 9.17) is 4.74 Å². The number of hydrogen-bond donors (Lipinski definition) is 0. The van der Waals surface area contributed by atoms with Gasteiger partial charge in [-0.3, -0.25) is 4.79 Å². The van der Waals surface area contributed by atoms with Gasteiger partial charge in [0.25, 0.3) is 0 Å². The monoisotopic (exact) mass is 211 g/mol. The Morgan fingerprint density at radius 1 is 1.47 bits per heavy atom. The van der Waals surface area contributed by atoms with Gasteiger partial charge in [-0.05, 0) is 33.3 Å². The maximum Gasteiger partial charge on any atom is 0.329 e. The molecule has 1 heterocycles. The zero-order valence-electron chi connectivity index (χ0n) is 9.45. The van der Waals surface area contributed by atoms with Crippen LogP contribution in [0.5, 0.6) is 0 Å². The highest BCUT2D eigenvalue weighted by atomic mass is 16.6. The molecule has 1 fully saturated rings. The summed E-state index contributed by atoms with van der Waals surface area (Å²) in [6.45, 7) is 9.42. The van der Waals surface area contributed by atoms with Gasteiger partial charge >= 0.3 is 5.97 Å². The minimum absolute atomic E-state index is 0.211. The van der Waals surface area contributed by atoms with Crippen molar-refractivity contribution < 1.29 is 14.3 Å². The van der Waals surface area contributed by atoms with Crippen molar-refractivity contribution in [3.05, 3.63) is 12.7 Å².